The largest absolute Gasteiger partial charge is 0.490 e. The van der Waals surface area contributed by atoms with Crippen LogP contribution in [0.2, 0.25) is 0 Å². The van der Waals surface area contributed by atoms with Gasteiger partial charge in [-0.15, -0.1) is 0 Å². The molecule has 1 atom stereocenters. The Balaban J connectivity index is 4.54. The third-order valence-electron chi connectivity index (χ3n) is 0.419. The average molecular weight is 259 g/mol. The molecule has 0 aromatic rings. The first-order valence-corrected chi connectivity index (χ1v) is 6.83. The molecule has 0 fully saturated rings. The highest BCUT2D eigenvalue weighted by molar-refractivity contribution is 7.66. The van der Waals surface area contributed by atoms with Gasteiger partial charge in [0.1, 0.15) is 0 Å². The van der Waals surface area contributed by atoms with Gasteiger partial charge in [-0.05, 0) is 0 Å². The molecule has 1 unspecified atom stereocenters. The molecular formula is H5O10P3. The second-order valence-corrected chi connectivity index (χ2v) is 5.82. The summed E-state index contributed by atoms with van der Waals surface area (Å²) in [7, 11) is -16.2. The van der Waals surface area contributed by atoms with Gasteiger partial charge in [0, 0.05) is 0 Å². The van der Waals surface area contributed by atoms with Gasteiger partial charge >= 0.3 is 23.5 Å². The van der Waals surface area contributed by atoms with Crippen LogP contribution in [0.15, 0.2) is 0 Å². The molecule has 80 valence electrons. The van der Waals surface area contributed by atoms with Crippen molar-refractivity contribution in [3.05, 3.63) is 0 Å². The van der Waals surface area contributed by atoms with Gasteiger partial charge in [0.25, 0.3) is 0 Å². The van der Waals surface area contributed by atoms with Crippen LogP contribution in [0.3, 0.4) is 0 Å². The molecule has 0 amide bonds. The lowest BCUT2D eigenvalue weighted by Crippen LogP contribution is -1.91. The summed E-state index contributed by atoms with van der Waals surface area (Å²) in [4.78, 5) is 40.2. The molecule has 0 saturated heterocycles. The first kappa shape index (κ1) is 13.4. The molecule has 0 saturated carbocycles. The predicted octanol–water partition coefficient (Wildman–Crippen LogP) is -0.695. The molecule has 0 rings (SSSR count). The molecule has 0 aliphatic rings. The van der Waals surface area contributed by atoms with E-state index in [-0.39, 0.29) is 0 Å². The zero-order valence-corrected chi connectivity index (χ0v) is 8.30. The Kier molecular flexibility index (Phi) is 4.00. The van der Waals surface area contributed by atoms with Crippen LogP contribution in [0.1, 0.15) is 0 Å². The quantitative estimate of drug-likeness (QED) is 0.406. The molecule has 5 N–H and O–H groups in total. The summed E-state index contributed by atoms with van der Waals surface area (Å²) in [6, 6.07) is 0. The van der Waals surface area contributed by atoms with Crippen molar-refractivity contribution < 1.29 is 46.8 Å². The maximum Gasteiger partial charge on any atom is 0.490 e. The average Bonchev–Trinajstić information content (AvgIpc) is 1.43. The van der Waals surface area contributed by atoms with E-state index in [9.17, 15) is 13.7 Å². The van der Waals surface area contributed by atoms with Crippen LogP contribution >= 0.6 is 23.5 Å². The SMILES string of the molecule is O=P(O)(O)OP(=O)(O)O[32P](=O)(O)O. The van der Waals surface area contributed by atoms with Gasteiger partial charge in [0.15, 0.2) is 0 Å². The molecule has 13 heteroatoms. The van der Waals surface area contributed by atoms with Crippen LogP contribution in [0, 0.1) is 0 Å². The maximum atomic E-state index is 10.4. The van der Waals surface area contributed by atoms with Crippen molar-refractivity contribution in [1.29, 1.82) is 0 Å². The lowest BCUT2D eigenvalue weighted by molar-refractivity contribution is 0.204. The van der Waals surface area contributed by atoms with E-state index in [2.05, 4.69) is 8.62 Å². The Morgan fingerprint density at radius 2 is 0.923 bits per heavy atom. The fourth-order valence-corrected chi connectivity index (χ4v) is 2.82. The van der Waals surface area contributed by atoms with Crippen LogP contribution in [0.25, 0.3) is 0 Å². The second-order valence-electron chi connectivity index (χ2n) is 1.61. The number of hydrogen-bond donors (Lipinski definition) is 5. The molecule has 0 radical (unpaired) electrons. The Morgan fingerprint density at radius 3 is 1.08 bits per heavy atom. The predicted molar refractivity (Wildman–Crippen MR) is 36.1 cm³/mol. The van der Waals surface area contributed by atoms with Gasteiger partial charge in [-0.2, -0.15) is 8.62 Å². The van der Waals surface area contributed by atoms with Gasteiger partial charge in [-0.3, -0.25) is 0 Å². The Bertz CT molecular complexity index is 272. The van der Waals surface area contributed by atoms with Gasteiger partial charge < -0.3 is 24.5 Å². The van der Waals surface area contributed by atoms with Gasteiger partial charge in [-0.25, -0.2) is 13.7 Å². The van der Waals surface area contributed by atoms with Gasteiger partial charge in [0.2, 0.25) is 0 Å². The third kappa shape index (κ3) is 8.73. The minimum Gasteiger partial charge on any atom is -0.302 e. The van der Waals surface area contributed by atoms with E-state index in [0.29, 0.717) is 0 Å². The van der Waals surface area contributed by atoms with Gasteiger partial charge in [0.05, 0.1) is 0 Å². The van der Waals surface area contributed by atoms with Crippen molar-refractivity contribution in [2.75, 3.05) is 0 Å². The zero-order valence-electron chi connectivity index (χ0n) is 5.62. The fraction of sp³-hybridized carbons (Fsp3) is 0. The highest BCUT2D eigenvalue weighted by Gasteiger charge is 2.38. The first-order chi connectivity index (χ1) is 5.41. The Labute approximate surface area is 71.2 Å². The molecule has 0 aromatic carbocycles. The van der Waals surface area contributed by atoms with Crippen molar-refractivity contribution >= 4 is 23.5 Å². The summed E-state index contributed by atoms with van der Waals surface area (Å²) in [6.45, 7) is 0. The van der Waals surface area contributed by atoms with Crippen molar-refractivity contribution in [3.8, 4) is 0 Å². The first-order valence-electron chi connectivity index (χ1n) is 2.28. The molecular weight excluding hydrogens is 254 g/mol. The maximum absolute atomic E-state index is 10.4. The van der Waals surface area contributed by atoms with Crippen LogP contribution in [0.5, 0.6) is 0 Å². The van der Waals surface area contributed by atoms with Crippen molar-refractivity contribution in [3.63, 3.8) is 0 Å². The van der Waals surface area contributed by atoms with E-state index in [1.54, 1.807) is 0 Å². The molecule has 0 heterocycles. The molecule has 10 nitrogen and oxygen atoms in total. The zero-order chi connectivity index (χ0) is 10.9. The number of hydrogen-bond acceptors (Lipinski definition) is 5. The molecule has 0 aliphatic carbocycles. The van der Waals surface area contributed by atoms with Crippen molar-refractivity contribution in [2.45, 2.75) is 0 Å². The number of phosphoric acid groups is 3. The third-order valence-corrected chi connectivity index (χ3v) is 3.77. The van der Waals surface area contributed by atoms with Crippen molar-refractivity contribution in [1.82, 2.24) is 0 Å². The summed E-state index contributed by atoms with van der Waals surface area (Å²) in [5.41, 5.74) is 0. The summed E-state index contributed by atoms with van der Waals surface area (Å²) in [5, 5.41) is 0. The van der Waals surface area contributed by atoms with Crippen LogP contribution in [0.4, 0.5) is 0 Å². The van der Waals surface area contributed by atoms with Crippen LogP contribution in [-0.4, -0.2) is 24.5 Å². The van der Waals surface area contributed by atoms with E-state index >= 15 is 0 Å². The standard InChI is InChI=1S/H5O10P3/c1-11(2,3)9-13(7,8)10-12(4,5)6/h(H,7,8)(H2,1,2,3)(H2,4,5,6)/i11+1. The van der Waals surface area contributed by atoms with E-state index in [1.807, 2.05) is 0 Å². The minimum absolute atomic E-state index is 3.06. The van der Waals surface area contributed by atoms with E-state index in [4.69, 9.17) is 24.5 Å². The summed E-state index contributed by atoms with van der Waals surface area (Å²) < 4.78 is 36.4. The van der Waals surface area contributed by atoms with Gasteiger partial charge in [-0.1, -0.05) is 0 Å². The monoisotopic (exact) mass is 259 g/mol. The molecule has 0 spiro atoms. The molecule has 0 aromatic heterocycles. The lowest BCUT2D eigenvalue weighted by atomic mass is 15.7. The summed E-state index contributed by atoms with van der Waals surface area (Å²) in [6.07, 6.45) is 0. The molecule has 0 aliphatic heterocycles. The second kappa shape index (κ2) is 3.88. The topological polar surface area (TPSA) is 171 Å². The summed E-state index contributed by atoms with van der Waals surface area (Å²) in [5.74, 6) is 0. The fourth-order valence-electron chi connectivity index (χ4n) is 0.284. The molecule has 13 heavy (non-hydrogen) atoms. The molecule has 0 bridgehead atoms. The van der Waals surface area contributed by atoms with Crippen molar-refractivity contribution in [2.24, 2.45) is 0 Å². The normalized spacial score (nSPS) is 18.2. The Morgan fingerprint density at radius 1 is 0.692 bits per heavy atom. The summed E-state index contributed by atoms with van der Waals surface area (Å²) >= 11 is 0. The van der Waals surface area contributed by atoms with Crippen LogP contribution < -0.4 is 0 Å². The number of rotatable bonds is 4. The highest BCUT2D eigenvalue weighted by atomic mass is 32.2. The Hall–Kier alpha value is 0.410. The van der Waals surface area contributed by atoms with E-state index < -0.39 is 23.5 Å². The van der Waals surface area contributed by atoms with E-state index in [0.717, 1.165) is 0 Å². The van der Waals surface area contributed by atoms with Crippen LogP contribution in [-0.2, 0) is 22.3 Å². The highest BCUT2D eigenvalue weighted by Crippen LogP contribution is 2.64. The van der Waals surface area contributed by atoms with E-state index in [1.165, 1.54) is 0 Å². The lowest BCUT2D eigenvalue weighted by Gasteiger charge is -2.11. The minimum atomic E-state index is -5.46. The smallest absolute Gasteiger partial charge is 0.302 e.